The fourth-order valence-corrected chi connectivity index (χ4v) is 2.08. The van der Waals surface area contributed by atoms with Gasteiger partial charge in [0.05, 0.1) is 4.43 Å². The van der Waals surface area contributed by atoms with E-state index < -0.39 is 0 Å². The first-order valence-electron chi connectivity index (χ1n) is 5.05. The monoisotopic (exact) mass is 311 g/mol. The van der Waals surface area contributed by atoms with Gasteiger partial charge in [-0.1, -0.05) is 22.6 Å². The first kappa shape index (κ1) is 12.2. The highest BCUT2D eigenvalue weighted by atomic mass is 127. The van der Waals surface area contributed by atoms with Gasteiger partial charge in [0.2, 0.25) is 0 Å². The summed E-state index contributed by atoms with van der Waals surface area (Å²) < 4.78 is 5.89. The lowest BCUT2D eigenvalue weighted by molar-refractivity contribution is -0.159. The molecule has 0 spiro atoms. The Morgan fingerprint density at radius 3 is 2.57 bits per heavy atom. The number of piperidine rings is 1. The summed E-state index contributed by atoms with van der Waals surface area (Å²) in [4.78, 5) is 11.2. The van der Waals surface area contributed by atoms with Crippen molar-refractivity contribution in [3.8, 4) is 0 Å². The first-order chi connectivity index (χ1) is 6.56. The Labute approximate surface area is 99.1 Å². The van der Waals surface area contributed by atoms with Crippen molar-refractivity contribution in [1.82, 2.24) is 5.32 Å². The maximum Gasteiger partial charge on any atom is 0.316 e. The number of hydrogen-bond donors (Lipinski definition) is 1. The van der Waals surface area contributed by atoms with Crippen molar-refractivity contribution in [2.75, 3.05) is 17.5 Å². The molecule has 14 heavy (non-hydrogen) atoms. The summed E-state index contributed by atoms with van der Waals surface area (Å²) in [6.45, 7) is 6.12. The Morgan fingerprint density at radius 2 is 2.07 bits per heavy atom. The van der Waals surface area contributed by atoms with E-state index in [1.807, 2.05) is 36.4 Å². The second-order valence-corrected chi connectivity index (χ2v) is 5.00. The van der Waals surface area contributed by atoms with Gasteiger partial charge < -0.3 is 10.1 Å². The van der Waals surface area contributed by atoms with Gasteiger partial charge in [-0.15, -0.1) is 0 Å². The van der Waals surface area contributed by atoms with E-state index in [0.717, 1.165) is 25.9 Å². The minimum atomic E-state index is -0.301. The van der Waals surface area contributed by atoms with Crippen LogP contribution in [0, 0.1) is 5.92 Å². The molecule has 0 aromatic rings. The number of carbonyl (C=O) groups is 1. The Balaban J connectivity index is 2.49. The summed E-state index contributed by atoms with van der Waals surface area (Å²) in [7, 11) is 0. The van der Waals surface area contributed by atoms with E-state index in [-0.39, 0.29) is 11.6 Å². The van der Waals surface area contributed by atoms with Crippen LogP contribution in [0.4, 0.5) is 0 Å². The van der Waals surface area contributed by atoms with Crippen molar-refractivity contribution in [2.45, 2.75) is 32.3 Å². The molecule has 1 fully saturated rings. The number of rotatable bonds is 3. The van der Waals surface area contributed by atoms with E-state index in [1.54, 1.807) is 0 Å². The first-order valence-corrected chi connectivity index (χ1v) is 6.57. The molecule has 1 aliphatic rings. The molecule has 0 unspecified atom stereocenters. The summed E-state index contributed by atoms with van der Waals surface area (Å²) in [6, 6.07) is 0. The van der Waals surface area contributed by atoms with Crippen LogP contribution in [-0.2, 0) is 9.53 Å². The molecule has 1 aliphatic heterocycles. The van der Waals surface area contributed by atoms with E-state index in [0.29, 0.717) is 10.3 Å². The van der Waals surface area contributed by atoms with Gasteiger partial charge in [0, 0.05) is 5.92 Å². The molecular weight excluding hydrogens is 293 g/mol. The summed E-state index contributed by atoms with van der Waals surface area (Å²) in [6.07, 6.45) is 2.20. The minimum Gasteiger partial charge on any atom is -0.459 e. The van der Waals surface area contributed by atoms with E-state index >= 15 is 0 Å². The maximum absolute atomic E-state index is 11.2. The number of carbonyl (C=O) groups excluding carboxylic acids is 1. The van der Waals surface area contributed by atoms with Gasteiger partial charge >= 0.3 is 5.97 Å². The van der Waals surface area contributed by atoms with Crippen molar-refractivity contribution >= 4 is 28.6 Å². The van der Waals surface area contributed by atoms with Crippen molar-refractivity contribution in [3.05, 3.63) is 0 Å². The van der Waals surface area contributed by atoms with Crippen LogP contribution in [0.3, 0.4) is 0 Å². The fraction of sp³-hybridized carbons (Fsp3) is 0.900. The van der Waals surface area contributed by atoms with Crippen LogP contribution in [0.5, 0.6) is 0 Å². The lowest BCUT2D eigenvalue weighted by Crippen LogP contribution is -2.43. The molecule has 0 amide bonds. The molecule has 0 radical (unpaired) electrons. The molecule has 0 aromatic carbocycles. The SMILES string of the molecule is CC(C)(OC(=O)CI)C1CCNCC1. The number of esters is 1. The molecule has 4 heteroatoms. The maximum atomic E-state index is 11.2. The van der Waals surface area contributed by atoms with Crippen LogP contribution in [0.15, 0.2) is 0 Å². The highest BCUT2D eigenvalue weighted by Crippen LogP contribution is 2.29. The van der Waals surface area contributed by atoms with E-state index in [1.165, 1.54) is 0 Å². The van der Waals surface area contributed by atoms with Gasteiger partial charge in [-0.05, 0) is 39.8 Å². The normalized spacial score (nSPS) is 19.4. The molecular formula is C10H18INO2. The van der Waals surface area contributed by atoms with Gasteiger partial charge in [0.25, 0.3) is 0 Å². The predicted molar refractivity (Wildman–Crippen MR) is 64.7 cm³/mol. The fourth-order valence-electron chi connectivity index (χ4n) is 1.92. The Hall–Kier alpha value is 0.160. The average molecular weight is 311 g/mol. The third kappa shape index (κ3) is 3.38. The second kappa shape index (κ2) is 5.30. The standard InChI is InChI=1S/C10H18INO2/c1-10(2,14-9(13)7-11)8-3-5-12-6-4-8/h8,12H,3-7H2,1-2H3. The molecule has 82 valence electrons. The van der Waals surface area contributed by atoms with Crippen LogP contribution >= 0.6 is 22.6 Å². The van der Waals surface area contributed by atoms with E-state index in [4.69, 9.17) is 4.74 Å². The molecule has 0 aromatic heterocycles. The highest BCUT2D eigenvalue weighted by molar-refractivity contribution is 14.1. The lowest BCUT2D eigenvalue weighted by Gasteiger charge is -2.36. The zero-order valence-corrected chi connectivity index (χ0v) is 11.0. The second-order valence-electron chi connectivity index (χ2n) is 4.24. The zero-order chi connectivity index (χ0) is 10.6. The molecule has 0 atom stereocenters. The molecule has 1 N–H and O–H groups in total. The number of alkyl halides is 1. The van der Waals surface area contributed by atoms with Crippen molar-refractivity contribution in [3.63, 3.8) is 0 Å². The molecule has 1 saturated heterocycles. The quantitative estimate of drug-likeness (QED) is 0.490. The Bertz CT molecular complexity index is 200. The predicted octanol–water partition coefficient (Wildman–Crippen LogP) is 1.74. The topological polar surface area (TPSA) is 38.3 Å². The number of halogens is 1. The Morgan fingerprint density at radius 1 is 1.50 bits per heavy atom. The number of hydrogen-bond acceptors (Lipinski definition) is 3. The summed E-state index contributed by atoms with van der Waals surface area (Å²) in [5.41, 5.74) is -0.301. The van der Waals surface area contributed by atoms with Crippen molar-refractivity contribution in [1.29, 1.82) is 0 Å². The molecule has 0 bridgehead atoms. The van der Waals surface area contributed by atoms with Gasteiger partial charge in [-0.3, -0.25) is 4.79 Å². The Kier molecular flexibility index (Phi) is 4.63. The minimum absolute atomic E-state index is 0.103. The van der Waals surface area contributed by atoms with Crippen LogP contribution < -0.4 is 5.32 Å². The van der Waals surface area contributed by atoms with Crippen LogP contribution in [0.25, 0.3) is 0 Å². The number of nitrogens with one attached hydrogen (secondary N) is 1. The molecule has 3 nitrogen and oxygen atoms in total. The molecule has 0 saturated carbocycles. The van der Waals surface area contributed by atoms with Gasteiger partial charge in [0.15, 0.2) is 0 Å². The zero-order valence-electron chi connectivity index (χ0n) is 8.81. The largest absolute Gasteiger partial charge is 0.459 e. The highest BCUT2D eigenvalue weighted by Gasteiger charge is 2.33. The molecule has 1 heterocycles. The van der Waals surface area contributed by atoms with Crippen LogP contribution in [-0.4, -0.2) is 29.1 Å². The van der Waals surface area contributed by atoms with E-state index in [2.05, 4.69) is 5.32 Å². The average Bonchev–Trinajstić information content (AvgIpc) is 2.18. The van der Waals surface area contributed by atoms with Gasteiger partial charge in [0.1, 0.15) is 5.60 Å². The summed E-state index contributed by atoms with van der Waals surface area (Å²) in [5.74, 6) is 0.393. The molecule has 1 rings (SSSR count). The van der Waals surface area contributed by atoms with Crippen LogP contribution in [0.1, 0.15) is 26.7 Å². The van der Waals surface area contributed by atoms with Crippen LogP contribution in [0.2, 0.25) is 0 Å². The van der Waals surface area contributed by atoms with Gasteiger partial charge in [-0.2, -0.15) is 0 Å². The van der Waals surface area contributed by atoms with Crippen molar-refractivity contribution < 1.29 is 9.53 Å². The lowest BCUT2D eigenvalue weighted by atomic mass is 9.83. The summed E-state index contributed by atoms with van der Waals surface area (Å²) >= 11 is 2.04. The number of ether oxygens (including phenoxy) is 1. The van der Waals surface area contributed by atoms with Crippen molar-refractivity contribution in [2.24, 2.45) is 5.92 Å². The smallest absolute Gasteiger partial charge is 0.316 e. The summed E-state index contributed by atoms with van der Waals surface area (Å²) in [5, 5.41) is 3.31. The third-order valence-corrected chi connectivity index (χ3v) is 3.43. The third-order valence-electron chi connectivity index (χ3n) is 2.81. The molecule has 0 aliphatic carbocycles. The van der Waals surface area contributed by atoms with Gasteiger partial charge in [-0.25, -0.2) is 0 Å². The van der Waals surface area contributed by atoms with E-state index in [9.17, 15) is 4.79 Å².